The highest BCUT2D eigenvalue weighted by Gasteiger charge is 2.16. The van der Waals surface area contributed by atoms with E-state index in [-0.39, 0.29) is 6.79 Å². The van der Waals surface area contributed by atoms with E-state index in [0.29, 0.717) is 11.5 Å². The second kappa shape index (κ2) is 5.40. The van der Waals surface area contributed by atoms with E-state index in [9.17, 15) is 0 Å². The van der Waals surface area contributed by atoms with Crippen LogP contribution in [0.15, 0.2) is 36.9 Å². The molecule has 0 fully saturated rings. The third-order valence-electron chi connectivity index (χ3n) is 3.46. The van der Waals surface area contributed by atoms with Crippen molar-refractivity contribution in [3.05, 3.63) is 42.5 Å². The molecule has 0 amide bonds. The summed E-state index contributed by atoms with van der Waals surface area (Å²) >= 11 is 0. The molecule has 0 spiro atoms. The summed E-state index contributed by atoms with van der Waals surface area (Å²) in [5.74, 6) is 2.87. The maximum Gasteiger partial charge on any atom is 0.231 e. The first-order valence-corrected chi connectivity index (χ1v) is 6.55. The van der Waals surface area contributed by atoms with Crippen molar-refractivity contribution in [1.82, 2.24) is 0 Å². The zero-order valence-corrected chi connectivity index (χ0v) is 12.0. The maximum atomic E-state index is 5.43. The summed E-state index contributed by atoms with van der Waals surface area (Å²) < 4.78 is 21.5. The average Bonchev–Trinajstić information content (AvgIpc) is 3.00. The van der Waals surface area contributed by atoms with E-state index < -0.39 is 0 Å². The Morgan fingerprint density at radius 3 is 2.43 bits per heavy atom. The molecule has 21 heavy (non-hydrogen) atoms. The van der Waals surface area contributed by atoms with Gasteiger partial charge in [-0.1, -0.05) is 18.7 Å². The predicted molar refractivity (Wildman–Crippen MR) is 81.2 cm³/mol. The van der Waals surface area contributed by atoms with Crippen LogP contribution < -0.4 is 18.9 Å². The molecule has 0 bridgehead atoms. The molecule has 2 aromatic rings. The summed E-state index contributed by atoms with van der Waals surface area (Å²) in [5, 5.41) is 0. The van der Waals surface area contributed by atoms with E-state index in [0.717, 1.165) is 28.2 Å². The molecule has 2 aromatic carbocycles. The second-order valence-electron chi connectivity index (χ2n) is 4.57. The first-order valence-electron chi connectivity index (χ1n) is 6.55. The quantitative estimate of drug-likeness (QED) is 0.857. The highest BCUT2D eigenvalue weighted by molar-refractivity contribution is 5.79. The SMILES string of the molecule is C=Cc1cc(OC)c(OC)cc1-c1ccc2c(c1)OCO2. The van der Waals surface area contributed by atoms with Crippen molar-refractivity contribution in [3.63, 3.8) is 0 Å². The highest BCUT2D eigenvalue weighted by atomic mass is 16.7. The summed E-state index contributed by atoms with van der Waals surface area (Å²) in [6, 6.07) is 9.69. The fraction of sp³-hybridized carbons (Fsp3) is 0.176. The number of rotatable bonds is 4. The van der Waals surface area contributed by atoms with Crippen LogP contribution in [0, 0.1) is 0 Å². The Bertz CT molecular complexity index is 691. The highest BCUT2D eigenvalue weighted by Crippen LogP contribution is 2.40. The molecule has 0 atom stereocenters. The lowest BCUT2D eigenvalue weighted by Gasteiger charge is -2.13. The van der Waals surface area contributed by atoms with E-state index in [4.69, 9.17) is 18.9 Å². The lowest BCUT2D eigenvalue weighted by Crippen LogP contribution is -1.94. The Balaban J connectivity index is 2.14. The van der Waals surface area contributed by atoms with Crippen LogP contribution in [0.3, 0.4) is 0 Å². The van der Waals surface area contributed by atoms with Crippen LogP contribution in [0.4, 0.5) is 0 Å². The molecule has 0 saturated carbocycles. The van der Waals surface area contributed by atoms with Crippen molar-refractivity contribution in [1.29, 1.82) is 0 Å². The minimum absolute atomic E-state index is 0.263. The normalized spacial score (nSPS) is 12.1. The molecule has 4 heteroatoms. The smallest absolute Gasteiger partial charge is 0.231 e. The van der Waals surface area contributed by atoms with Crippen LogP contribution >= 0.6 is 0 Å². The lowest BCUT2D eigenvalue weighted by molar-refractivity contribution is 0.174. The lowest BCUT2D eigenvalue weighted by atomic mass is 9.98. The van der Waals surface area contributed by atoms with Crippen LogP contribution in [0.1, 0.15) is 5.56 Å². The van der Waals surface area contributed by atoms with E-state index in [1.807, 2.05) is 30.3 Å². The molecule has 0 saturated heterocycles. The van der Waals surface area contributed by atoms with Crippen molar-refractivity contribution in [2.24, 2.45) is 0 Å². The van der Waals surface area contributed by atoms with Crippen molar-refractivity contribution in [2.75, 3.05) is 21.0 Å². The minimum atomic E-state index is 0.263. The standard InChI is InChI=1S/C17H16O4/c1-4-11-7-15(18-2)16(19-3)9-13(11)12-5-6-14-17(8-12)21-10-20-14/h4-9H,1,10H2,2-3H3. The monoisotopic (exact) mass is 284 g/mol. The third kappa shape index (κ3) is 2.29. The average molecular weight is 284 g/mol. The molecule has 1 aliphatic heterocycles. The zero-order chi connectivity index (χ0) is 14.8. The molecular weight excluding hydrogens is 268 g/mol. The van der Waals surface area contributed by atoms with E-state index in [1.165, 1.54) is 0 Å². The Labute approximate surface area is 123 Å². The minimum Gasteiger partial charge on any atom is -0.493 e. The number of benzene rings is 2. The Morgan fingerprint density at radius 2 is 1.71 bits per heavy atom. The Hall–Kier alpha value is -2.62. The summed E-state index contributed by atoms with van der Waals surface area (Å²) in [5.41, 5.74) is 2.97. The first kappa shape index (κ1) is 13.4. The molecular formula is C17H16O4. The predicted octanol–water partition coefficient (Wildman–Crippen LogP) is 3.74. The zero-order valence-electron chi connectivity index (χ0n) is 12.0. The summed E-state index contributed by atoms with van der Waals surface area (Å²) in [4.78, 5) is 0. The van der Waals surface area contributed by atoms with Crippen LogP contribution in [0.25, 0.3) is 17.2 Å². The van der Waals surface area contributed by atoms with Gasteiger partial charge in [-0.3, -0.25) is 0 Å². The van der Waals surface area contributed by atoms with Crippen molar-refractivity contribution in [2.45, 2.75) is 0 Å². The molecule has 0 aliphatic carbocycles. The van der Waals surface area contributed by atoms with Gasteiger partial charge in [0.1, 0.15) is 0 Å². The van der Waals surface area contributed by atoms with Gasteiger partial charge in [0.15, 0.2) is 23.0 Å². The largest absolute Gasteiger partial charge is 0.493 e. The van der Waals surface area contributed by atoms with Crippen molar-refractivity contribution < 1.29 is 18.9 Å². The summed E-state index contributed by atoms with van der Waals surface area (Å²) in [7, 11) is 3.24. The maximum absolute atomic E-state index is 5.43. The molecule has 0 aromatic heterocycles. The number of ether oxygens (including phenoxy) is 4. The van der Waals surface area contributed by atoms with Crippen molar-refractivity contribution in [3.8, 4) is 34.1 Å². The molecule has 4 nitrogen and oxygen atoms in total. The second-order valence-corrected chi connectivity index (χ2v) is 4.57. The number of hydrogen-bond donors (Lipinski definition) is 0. The number of fused-ring (bicyclic) bond motifs is 1. The topological polar surface area (TPSA) is 36.9 Å². The van der Waals surface area contributed by atoms with Gasteiger partial charge in [-0.25, -0.2) is 0 Å². The van der Waals surface area contributed by atoms with Gasteiger partial charge in [0, 0.05) is 0 Å². The molecule has 1 heterocycles. The van der Waals surface area contributed by atoms with Crippen LogP contribution in [0.5, 0.6) is 23.0 Å². The van der Waals surface area contributed by atoms with E-state index >= 15 is 0 Å². The molecule has 0 N–H and O–H groups in total. The van der Waals surface area contributed by atoms with Crippen molar-refractivity contribution >= 4 is 6.08 Å². The fourth-order valence-electron chi connectivity index (χ4n) is 2.38. The van der Waals surface area contributed by atoms with Gasteiger partial charge in [0.25, 0.3) is 0 Å². The number of hydrogen-bond acceptors (Lipinski definition) is 4. The van der Waals surface area contributed by atoms with Gasteiger partial charge in [-0.05, 0) is 41.0 Å². The fourth-order valence-corrected chi connectivity index (χ4v) is 2.38. The summed E-state index contributed by atoms with van der Waals surface area (Å²) in [6.07, 6.45) is 1.79. The van der Waals surface area contributed by atoms with Gasteiger partial charge in [-0.15, -0.1) is 0 Å². The Kier molecular flexibility index (Phi) is 3.44. The van der Waals surface area contributed by atoms with Gasteiger partial charge in [0.05, 0.1) is 14.2 Å². The van der Waals surface area contributed by atoms with E-state index in [1.54, 1.807) is 20.3 Å². The molecule has 0 radical (unpaired) electrons. The molecule has 3 rings (SSSR count). The summed E-state index contributed by atoms with van der Waals surface area (Å²) in [6.45, 7) is 4.13. The molecule has 108 valence electrons. The molecule has 1 aliphatic rings. The third-order valence-corrected chi connectivity index (χ3v) is 3.46. The number of methoxy groups -OCH3 is 2. The van der Waals surface area contributed by atoms with Gasteiger partial charge >= 0.3 is 0 Å². The Morgan fingerprint density at radius 1 is 1.00 bits per heavy atom. The molecule has 0 unspecified atom stereocenters. The van der Waals surface area contributed by atoms with Crippen LogP contribution in [-0.2, 0) is 0 Å². The van der Waals surface area contributed by atoms with Crippen LogP contribution in [-0.4, -0.2) is 21.0 Å². The van der Waals surface area contributed by atoms with Gasteiger partial charge in [0.2, 0.25) is 6.79 Å². The van der Waals surface area contributed by atoms with Gasteiger partial charge < -0.3 is 18.9 Å². The first-order chi connectivity index (χ1) is 10.3. The van der Waals surface area contributed by atoms with Gasteiger partial charge in [-0.2, -0.15) is 0 Å². The van der Waals surface area contributed by atoms with Crippen LogP contribution in [0.2, 0.25) is 0 Å². The van der Waals surface area contributed by atoms with E-state index in [2.05, 4.69) is 6.58 Å².